The fraction of sp³-hybridized carbons (Fsp3) is 0.224. The number of ether oxygens (including phenoxy) is 5. The summed E-state index contributed by atoms with van der Waals surface area (Å²) in [7, 11) is -0.922. The number of carbonyl (C=O) groups excluding carboxylic acids is 2. The summed E-state index contributed by atoms with van der Waals surface area (Å²) in [6, 6.07) is 21.0. The molecule has 1 unspecified atom stereocenters. The van der Waals surface area contributed by atoms with Gasteiger partial charge in [-0.3, -0.25) is 19.7 Å². The summed E-state index contributed by atoms with van der Waals surface area (Å²) in [5.41, 5.74) is -1.71. The number of benzene rings is 4. The number of hydrogen-bond donors (Lipinski definition) is 4. The number of aromatic carboxylic acids is 1. The van der Waals surface area contributed by atoms with E-state index in [1.165, 1.54) is 51.5 Å². The number of hydrogen-bond acceptors (Lipinski definition) is 17. The Morgan fingerprint density at radius 2 is 1.60 bits per heavy atom. The number of carboxylic acid groups (broad SMARTS) is 2. The van der Waals surface area contributed by atoms with Crippen molar-refractivity contribution >= 4 is 85.0 Å². The number of halogens is 5. The fourth-order valence-electron chi connectivity index (χ4n) is 6.61. The van der Waals surface area contributed by atoms with Gasteiger partial charge in [0.05, 0.1) is 30.5 Å². The van der Waals surface area contributed by atoms with Gasteiger partial charge in [0.2, 0.25) is 5.95 Å². The fourth-order valence-corrected chi connectivity index (χ4v) is 8.66. The lowest BCUT2D eigenvalue weighted by molar-refractivity contribution is -0.148. The van der Waals surface area contributed by atoms with Crippen molar-refractivity contribution in [2.75, 3.05) is 26.1 Å². The van der Waals surface area contributed by atoms with E-state index in [-0.39, 0.29) is 30.1 Å². The van der Waals surface area contributed by atoms with E-state index in [4.69, 9.17) is 45.5 Å². The van der Waals surface area contributed by atoms with Gasteiger partial charge in [-0.1, -0.05) is 30.7 Å². The van der Waals surface area contributed by atoms with E-state index in [9.17, 15) is 50.4 Å². The van der Waals surface area contributed by atoms with Gasteiger partial charge < -0.3 is 33.9 Å². The summed E-state index contributed by atoms with van der Waals surface area (Å²) in [5, 5.41) is 21.1. The molecule has 29 heteroatoms. The van der Waals surface area contributed by atoms with E-state index >= 15 is 0 Å². The number of nitrogens with zero attached hydrogens (tertiary/aromatic N) is 6. The molecule has 7 rings (SSSR count). The largest absolute Gasteiger partial charge is 0.489 e. The van der Waals surface area contributed by atoms with Crippen molar-refractivity contribution in [2.24, 2.45) is 7.05 Å². The van der Waals surface area contributed by atoms with Crippen molar-refractivity contribution in [2.45, 2.75) is 51.0 Å². The number of carboxylic acids is 2. The first-order valence-corrected chi connectivity index (χ1v) is 25.2. The molecule has 4 aromatic carbocycles. The predicted octanol–water partition coefficient (Wildman–Crippen LogP) is 6.99. The van der Waals surface area contributed by atoms with Crippen LogP contribution in [-0.4, -0.2) is 98.6 Å². The molecule has 0 bridgehead atoms. The first-order valence-electron chi connectivity index (χ1n) is 22.3. The molecule has 3 aromatic heterocycles. The number of aryl methyl sites for hydroxylation is 2. The van der Waals surface area contributed by atoms with E-state index in [0.717, 1.165) is 36.6 Å². The number of alkyl halides is 3. The molecule has 7 aromatic rings. The molecule has 0 saturated carbocycles. The number of anilines is 1. The number of aromatic nitrogens is 6. The first-order chi connectivity index (χ1) is 36.8. The van der Waals surface area contributed by atoms with Crippen LogP contribution in [-0.2, 0) is 50.6 Å². The Kier molecular flexibility index (Phi) is 20.6. The zero-order chi connectivity index (χ0) is 57.6. The molecule has 3 heterocycles. The van der Waals surface area contributed by atoms with Gasteiger partial charge in [-0.2, -0.15) is 28.1 Å². The lowest BCUT2D eigenvalue weighted by Crippen LogP contribution is -2.40. The Bertz CT molecular complexity index is 3610. The van der Waals surface area contributed by atoms with Crippen molar-refractivity contribution in [3.8, 4) is 28.9 Å². The van der Waals surface area contributed by atoms with Gasteiger partial charge >= 0.3 is 41.8 Å². The third-order valence-corrected chi connectivity index (χ3v) is 12.7. The monoisotopic (exact) mass is 1240 g/mol. The van der Waals surface area contributed by atoms with Gasteiger partial charge in [0.15, 0.2) is 12.7 Å². The number of esters is 1. The summed E-state index contributed by atoms with van der Waals surface area (Å²) in [5.74, 6) is -1.74. The molecule has 0 aliphatic heterocycles. The molecule has 23 nitrogen and oxygen atoms in total. The highest BCUT2D eigenvalue weighted by Crippen LogP contribution is 2.30. The van der Waals surface area contributed by atoms with Crippen LogP contribution in [0, 0.1) is 10.5 Å². The summed E-state index contributed by atoms with van der Waals surface area (Å²) in [6.07, 6.45) is -3.30. The standard InChI is InChI=1S/C25H25F3N2O6.C13H12IN5O6S.C11H8ClNO3/c1-5-16-6-7-17(20(12-16)36-15(2)23(32)34-4)14-35-19-10-8-18(9-11-19)30-22(31)13-21(25(26,27)28)29(3)24(30)33;1-6-15-11(18-13(16-6)25-2)17-12(22)19-26(23,24)9-5-7(14)3-4-8(9)10(20)21;12-8-3-4-9(16-6-10(14)15)11-7(8)2-1-5-13-11/h6-13,15H,5,14H2,1-4H3;3-5H,1-2H3,(H,20,21)(H2,15,16,17,18,19,22);1-5H,6H2,(H,14,15). The maximum Gasteiger partial charge on any atom is 0.431 e. The lowest BCUT2D eigenvalue weighted by atomic mass is 10.1. The number of nitrogens with one attached hydrogen (secondary N) is 2. The minimum Gasteiger partial charge on any atom is -0.489 e. The van der Waals surface area contributed by atoms with Crippen molar-refractivity contribution < 1.29 is 74.7 Å². The molecule has 0 saturated heterocycles. The summed E-state index contributed by atoms with van der Waals surface area (Å²) in [4.78, 5) is 85.1. The molecule has 0 spiro atoms. The molecular weight excluding hydrogens is 1190 g/mol. The highest BCUT2D eigenvalue weighted by Gasteiger charge is 2.35. The maximum atomic E-state index is 13.1. The molecule has 1 atom stereocenters. The van der Waals surface area contributed by atoms with Crippen molar-refractivity contribution in [1.29, 1.82) is 0 Å². The normalized spacial score (nSPS) is 11.4. The lowest BCUT2D eigenvalue weighted by Gasteiger charge is -2.17. The Balaban J connectivity index is 0.000000232. The number of urea groups is 1. The van der Waals surface area contributed by atoms with E-state index < -0.39 is 80.3 Å². The number of pyridine rings is 1. The van der Waals surface area contributed by atoms with Crippen LogP contribution in [0.4, 0.5) is 23.9 Å². The first kappa shape index (κ1) is 60.5. The average Bonchev–Trinajstić information content (AvgIpc) is 3.44. The molecule has 2 amide bonds. The molecule has 0 radical (unpaired) electrons. The van der Waals surface area contributed by atoms with Crippen LogP contribution < -0.4 is 40.2 Å². The van der Waals surface area contributed by atoms with Crippen molar-refractivity contribution in [3.63, 3.8) is 0 Å². The highest BCUT2D eigenvalue weighted by molar-refractivity contribution is 14.1. The van der Waals surface area contributed by atoms with Gasteiger partial charge in [0, 0.05) is 33.8 Å². The molecule has 0 fully saturated rings. The number of methoxy groups -OCH3 is 2. The molecule has 4 N–H and O–H groups in total. The Morgan fingerprint density at radius 1 is 0.897 bits per heavy atom. The molecular formula is C49H45ClF3IN8O15S. The van der Waals surface area contributed by atoms with Crippen LogP contribution in [0.25, 0.3) is 16.6 Å². The maximum absolute atomic E-state index is 13.1. The molecule has 78 heavy (non-hydrogen) atoms. The number of fused-ring (bicyclic) bond motifs is 1. The van der Waals surface area contributed by atoms with Crippen LogP contribution in [0.5, 0.6) is 23.3 Å². The van der Waals surface area contributed by atoms with Gasteiger partial charge in [0.1, 0.15) is 45.8 Å². The summed E-state index contributed by atoms with van der Waals surface area (Å²) >= 11 is 7.80. The van der Waals surface area contributed by atoms with E-state index in [0.29, 0.717) is 52.1 Å². The van der Waals surface area contributed by atoms with Gasteiger partial charge in [-0.15, -0.1) is 0 Å². The third-order valence-electron chi connectivity index (χ3n) is 10.3. The number of rotatable bonds is 16. The molecule has 412 valence electrons. The van der Waals surface area contributed by atoms with Crippen molar-refractivity contribution in [3.05, 3.63) is 155 Å². The molecule has 0 aliphatic rings. The second-order valence-corrected chi connectivity index (χ2v) is 19.0. The number of carbonyl (C=O) groups is 4. The highest BCUT2D eigenvalue weighted by atomic mass is 127. The van der Waals surface area contributed by atoms with Gasteiger partial charge in [0.25, 0.3) is 15.6 Å². The SMILES string of the molecule is CCc1ccc(COc2ccc(-n3c(=O)cc(C(F)(F)F)n(C)c3=O)cc2)c(OC(C)C(=O)OC)c1.COc1nc(C)nc(NC(=O)NS(=O)(=O)c2cc(I)ccc2C(=O)O)n1.O=C(O)COc1ccc(Cl)c2cccnc12. The third kappa shape index (κ3) is 16.1. The quantitative estimate of drug-likeness (QED) is 0.0559. The number of amides is 2. The van der Waals surface area contributed by atoms with E-state index in [1.54, 1.807) is 42.1 Å². The minimum absolute atomic E-state index is 0.0681. The topological polar surface area (TPSA) is 309 Å². The second kappa shape index (κ2) is 26.6. The smallest absolute Gasteiger partial charge is 0.431 e. The van der Waals surface area contributed by atoms with E-state index in [1.807, 2.05) is 47.7 Å². The van der Waals surface area contributed by atoms with Crippen molar-refractivity contribution in [1.82, 2.24) is 33.8 Å². The summed E-state index contributed by atoms with van der Waals surface area (Å²) in [6.45, 7) is 4.76. The average molecular weight is 1240 g/mol. The van der Waals surface area contributed by atoms with Gasteiger partial charge in [-0.05, 0) is 121 Å². The number of aliphatic carboxylic acids is 1. The zero-order valence-corrected chi connectivity index (χ0v) is 45.3. The Labute approximate surface area is 459 Å². The van der Waals surface area contributed by atoms with Crippen LogP contribution in [0.2, 0.25) is 5.02 Å². The number of sulfonamides is 1. The van der Waals surface area contributed by atoms with Crippen LogP contribution >= 0.6 is 34.2 Å². The summed E-state index contributed by atoms with van der Waals surface area (Å²) < 4.78 is 93.4. The van der Waals surface area contributed by atoms with E-state index in [2.05, 4.69) is 25.3 Å². The zero-order valence-electron chi connectivity index (χ0n) is 41.6. The van der Waals surface area contributed by atoms with Crippen LogP contribution in [0.3, 0.4) is 0 Å². The Morgan fingerprint density at radius 3 is 2.23 bits per heavy atom. The molecule has 0 aliphatic carbocycles. The minimum atomic E-state index is -4.84. The Hall–Kier alpha value is -8.38. The predicted molar refractivity (Wildman–Crippen MR) is 281 cm³/mol. The second-order valence-electron chi connectivity index (χ2n) is 15.7. The van der Waals surface area contributed by atoms with Crippen LogP contribution in [0.1, 0.15) is 46.9 Å². The van der Waals surface area contributed by atoms with Crippen LogP contribution in [0.15, 0.2) is 112 Å². The van der Waals surface area contributed by atoms with Gasteiger partial charge in [-0.25, -0.2) is 41.7 Å².